The molecule has 1 aromatic rings. The molecule has 0 aliphatic carbocycles. The van der Waals surface area contributed by atoms with Gasteiger partial charge in [-0.05, 0) is 49.9 Å². The molecule has 0 radical (unpaired) electrons. The van der Waals surface area contributed by atoms with Crippen LogP contribution < -0.4 is 10.1 Å². The average molecular weight is 340 g/mol. The van der Waals surface area contributed by atoms with Gasteiger partial charge in [0.05, 0.1) is 4.90 Å². The highest BCUT2D eigenvalue weighted by Gasteiger charge is 2.28. The van der Waals surface area contributed by atoms with Crippen LogP contribution in [0.25, 0.3) is 0 Å². The summed E-state index contributed by atoms with van der Waals surface area (Å²) in [4.78, 5) is 11.7. The van der Waals surface area contributed by atoms with Gasteiger partial charge in [-0.3, -0.25) is 4.79 Å². The van der Waals surface area contributed by atoms with E-state index in [2.05, 4.69) is 12.2 Å². The summed E-state index contributed by atoms with van der Waals surface area (Å²) < 4.78 is 32.2. The Balaban J connectivity index is 2.08. The summed E-state index contributed by atoms with van der Waals surface area (Å²) in [5, 5.41) is 2.50. The van der Waals surface area contributed by atoms with Crippen LogP contribution in [0.5, 0.6) is 5.75 Å². The van der Waals surface area contributed by atoms with Crippen molar-refractivity contribution in [3.8, 4) is 5.75 Å². The van der Waals surface area contributed by atoms with E-state index >= 15 is 0 Å². The minimum absolute atomic E-state index is 0.232. The Morgan fingerprint density at radius 3 is 2.35 bits per heavy atom. The summed E-state index contributed by atoms with van der Waals surface area (Å²) in [5.74, 6) is 0.805. The van der Waals surface area contributed by atoms with E-state index in [4.69, 9.17) is 4.74 Å². The number of rotatable bonds is 5. The standard InChI is InChI=1S/C16H24N2O4S/c1-12-8-10-18(11-9-12)23(20,21)15-6-4-14(5-7-15)22-13(2)16(19)17-3/h4-7,12-13H,8-11H2,1-3H3,(H,17,19)/t13-/m1/s1. The highest BCUT2D eigenvalue weighted by Crippen LogP contribution is 2.25. The Labute approximate surface area is 137 Å². The van der Waals surface area contributed by atoms with E-state index in [0.29, 0.717) is 24.8 Å². The van der Waals surface area contributed by atoms with Gasteiger partial charge in [-0.2, -0.15) is 4.31 Å². The maximum atomic E-state index is 12.6. The van der Waals surface area contributed by atoms with Gasteiger partial charge in [0.2, 0.25) is 10.0 Å². The van der Waals surface area contributed by atoms with Gasteiger partial charge < -0.3 is 10.1 Å². The number of piperidine rings is 1. The van der Waals surface area contributed by atoms with Gasteiger partial charge in [0.1, 0.15) is 5.75 Å². The van der Waals surface area contributed by atoms with E-state index < -0.39 is 16.1 Å². The lowest BCUT2D eigenvalue weighted by Crippen LogP contribution is -2.37. The number of carbonyl (C=O) groups excluding carboxylic acids is 1. The van der Waals surface area contributed by atoms with Crippen LogP contribution in [0.4, 0.5) is 0 Å². The van der Waals surface area contributed by atoms with Crippen molar-refractivity contribution >= 4 is 15.9 Å². The van der Waals surface area contributed by atoms with Crippen LogP contribution in [0.2, 0.25) is 0 Å². The monoisotopic (exact) mass is 340 g/mol. The van der Waals surface area contributed by atoms with Crippen molar-refractivity contribution in [3.63, 3.8) is 0 Å². The molecule has 0 spiro atoms. The molecule has 1 aromatic carbocycles. The highest BCUT2D eigenvalue weighted by atomic mass is 32.2. The van der Waals surface area contributed by atoms with Crippen molar-refractivity contribution in [3.05, 3.63) is 24.3 Å². The third-order valence-corrected chi connectivity index (χ3v) is 6.05. The lowest BCUT2D eigenvalue weighted by Gasteiger charge is -2.29. The third kappa shape index (κ3) is 4.23. The Hall–Kier alpha value is -1.60. The number of likely N-dealkylation sites (N-methyl/N-ethyl adjacent to an activating group) is 1. The molecule has 1 atom stereocenters. The number of hydrogen-bond donors (Lipinski definition) is 1. The summed E-state index contributed by atoms with van der Waals surface area (Å²) in [6.07, 6.45) is 1.15. The second-order valence-electron chi connectivity index (χ2n) is 5.93. The van der Waals surface area contributed by atoms with Gasteiger partial charge in [0, 0.05) is 20.1 Å². The van der Waals surface area contributed by atoms with Crippen molar-refractivity contribution in [1.82, 2.24) is 9.62 Å². The second-order valence-corrected chi connectivity index (χ2v) is 7.87. The minimum atomic E-state index is -3.45. The fourth-order valence-electron chi connectivity index (χ4n) is 2.53. The number of ether oxygens (including phenoxy) is 1. The number of carbonyl (C=O) groups is 1. The Morgan fingerprint density at radius 1 is 1.26 bits per heavy atom. The number of sulfonamides is 1. The van der Waals surface area contributed by atoms with E-state index in [1.54, 1.807) is 19.1 Å². The summed E-state index contributed by atoms with van der Waals surface area (Å²) in [7, 11) is -1.91. The molecule has 1 heterocycles. The topological polar surface area (TPSA) is 75.7 Å². The summed E-state index contributed by atoms with van der Waals surface area (Å²) >= 11 is 0. The lowest BCUT2D eigenvalue weighted by atomic mass is 10.0. The van der Waals surface area contributed by atoms with E-state index in [0.717, 1.165) is 12.8 Å². The summed E-state index contributed by atoms with van der Waals surface area (Å²) in [6, 6.07) is 6.22. The lowest BCUT2D eigenvalue weighted by molar-refractivity contribution is -0.126. The maximum absolute atomic E-state index is 12.6. The fraction of sp³-hybridized carbons (Fsp3) is 0.562. The third-order valence-electron chi connectivity index (χ3n) is 4.13. The smallest absolute Gasteiger partial charge is 0.260 e. The Morgan fingerprint density at radius 2 is 1.83 bits per heavy atom. The first-order valence-electron chi connectivity index (χ1n) is 7.83. The van der Waals surface area contributed by atoms with Crippen LogP contribution in [0.1, 0.15) is 26.7 Å². The molecular weight excluding hydrogens is 316 g/mol. The van der Waals surface area contributed by atoms with Gasteiger partial charge in [0.25, 0.3) is 5.91 Å². The molecule has 1 saturated heterocycles. The van der Waals surface area contributed by atoms with Crippen LogP contribution in [0.15, 0.2) is 29.2 Å². The normalized spacial score (nSPS) is 18.4. The summed E-state index contributed by atoms with van der Waals surface area (Å²) in [6.45, 7) is 4.91. The second kappa shape index (κ2) is 7.31. The molecule has 0 aromatic heterocycles. The van der Waals surface area contributed by atoms with Crippen molar-refractivity contribution in [2.75, 3.05) is 20.1 Å². The van der Waals surface area contributed by atoms with E-state index in [1.807, 2.05) is 0 Å². The van der Waals surface area contributed by atoms with Crippen molar-refractivity contribution in [2.45, 2.75) is 37.7 Å². The predicted octanol–water partition coefficient (Wildman–Crippen LogP) is 1.62. The van der Waals surface area contributed by atoms with Gasteiger partial charge in [-0.25, -0.2) is 8.42 Å². The number of nitrogens with one attached hydrogen (secondary N) is 1. The largest absolute Gasteiger partial charge is 0.481 e. The molecular formula is C16H24N2O4S. The van der Waals surface area contributed by atoms with Crippen molar-refractivity contribution in [2.24, 2.45) is 5.92 Å². The van der Waals surface area contributed by atoms with Gasteiger partial charge >= 0.3 is 0 Å². The first-order chi connectivity index (χ1) is 10.8. The number of benzene rings is 1. The fourth-order valence-corrected chi connectivity index (χ4v) is 4.00. The van der Waals surface area contributed by atoms with Gasteiger partial charge in [0.15, 0.2) is 6.10 Å². The van der Waals surface area contributed by atoms with Crippen LogP contribution in [0.3, 0.4) is 0 Å². The molecule has 23 heavy (non-hydrogen) atoms. The van der Waals surface area contributed by atoms with E-state index in [-0.39, 0.29) is 10.8 Å². The van der Waals surface area contributed by atoms with Gasteiger partial charge in [-0.15, -0.1) is 0 Å². The molecule has 1 N–H and O–H groups in total. The molecule has 128 valence electrons. The first-order valence-corrected chi connectivity index (χ1v) is 9.27. The van der Waals surface area contributed by atoms with E-state index in [1.165, 1.54) is 23.5 Å². The maximum Gasteiger partial charge on any atom is 0.260 e. The zero-order valence-electron chi connectivity index (χ0n) is 13.8. The van der Waals surface area contributed by atoms with Gasteiger partial charge in [-0.1, -0.05) is 6.92 Å². The molecule has 0 saturated carbocycles. The number of hydrogen-bond acceptors (Lipinski definition) is 4. The molecule has 1 amide bonds. The first kappa shape index (κ1) is 17.7. The minimum Gasteiger partial charge on any atom is -0.481 e. The van der Waals surface area contributed by atoms with Crippen molar-refractivity contribution in [1.29, 1.82) is 0 Å². The Bertz CT molecular complexity index is 635. The molecule has 0 bridgehead atoms. The Kier molecular flexibility index (Phi) is 5.64. The quantitative estimate of drug-likeness (QED) is 0.884. The van der Waals surface area contributed by atoms with Crippen molar-refractivity contribution < 1.29 is 17.9 Å². The zero-order valence-corrected chi connectivity index (χ0v) is 14.6. The number of amides is 1. The SMILES string of the molecule is CNC(=O)[C@@H](C)Oc1ccc(S(=O)(=O)N2CCC(C)CC2)cc1. The van der Waals surface area contributed by atoms with Crippen LogP contribution in [0, 0.1) is 5.92 Å². The van der Waals surface area contributed by atoms with E-state index in [9.17, 15) is 13.2 Å². The average Bonchev–Trinajstić information content (AvgIpc) is 2.55. The zero-order chi connectivity index (χ0) is 17.0. The van der Waals surface area contributed by atoms with Crippen LogP contribution in [-0.2, 0) is 14.8 Å². The molecule has 6 nitrogen and oxygen atoms in total. The number of nitrogens with zero attached hydrogens (tertiary/aromatic N) is 1. The molecule has 1 aliphatic heterocycles. The molecule has 7 heteroatoms. The van der Waals surface area contributed by atoms with Crippen LogP contribution in [-0.4, -0.2) is 44.9 Å². The molecule has 1 fully saturated rings. The highest BCUT2D eigenvalue weighted by molar-refractivity contribution is 7.89. The summed E-state index contributed by atoms with van der Waals surface area (Å²) in [5.41, 5.74) is 0. The predicted molar refractivity (Wildman–Crippen MR) is 87.8 cm³/mol. The van der Waals surface area contributed by atoms with Crippen LogP contribution >= 0.6 is 0 Å². The molecule has 0 unspecified atom stereocenters. The molecule has 2 rings (SSSR count). The molecule has 1 aliphatic rings.